The number of sulfonamides is 1. The average Bonchev–Trinajstić information content (AvgIpc) is 3.02. The van der Waals surface area contributed by atoms with Gasteiger partial charge in [-0.2, -0.15) is 4.31 Å². The Morgan fingerprint density at radius 1 is 1.15 bits per heavy atom. The van der Waals surface area contributed by atoms with Crippen molar-refractivity contribution in [3.8, 4) is 0 Å². The molecule has 8 heteroatoms. The van der Waals surface area contributed by atoms with E-state index in [1.165, 1.54) is 11.8 Å². The largest absolute Gasteiger partial charge is 0.342 e. The third-order valence-electron chi connectivity index (χ3n) is 4.67. The zero-order chi connectivity index (χ0) is 18.1. The summed E-state index contributed by atoms with van der Waals surface area (Å²) in [6.45, 7) is 5.14. The Bertz CT molecular complexity index is 1010. The van der Waals surface area contributed by atoms with E-state index in [9.17, 15) is 8.42 Å². The molecule has 1 saturated heterocycles. The highest BCUT2D eigenvalue weighted by Gasteiger charge is 2.28. The van der Waals surface area contributed by atoms with E-state index in [0.29, 0.717) is 26.2 Å². The molecule has 1 aliphatic heterocycles. The van der Waals surface area contributed by atoms with Crippen LogP contribution < -0.4 is 0 Å². The Morgan fingerprint density at radius 2 is 1.96 bits per heavy atom. The lowest BCUT2D eigenvalue weighted by atomic mass is 10.2. The van der Waals surface area contributed by atoms with E-state index in [4.69, 9.17) is 0 Å². The second kappa shape index (κ2) is 6.79. The highest BCUT2D eigenvalue weighted by Crippen LogP contribution is 2.19. The van der Waals surface area contributed by atoms with Crippen molar-refractivity contribution in [2.75, 3.05) is 26.2 Å². The van der Waals surface area contributed by atoms with Crippen LogP contribution in [0.15, 0.2) is 47.6 Å². The number of aryl methyl sites for hydroxylation is 1. The van der Waals surface area contributed by atoms with Crippen molar-refractivity contribution in [2.45, 2.75) is 18.4 Å². The molecule has 1 aromatic carbocycles. The van der Waals surface area contributed by atoms with Crippen LogP contribution in [0.3, 0.4) is 0 Å². The number of aromatic nitrogens is 3. The normalized spacial score (nSPS) is 17.0. The van der Waals surface area contributed by atoms with Crippen molar-refractivity contribution in [2.24, 2.45) is 0 Å². The third kappa shape index (κ3) is 3.35. The first-order valence-corrected chi connectivity index (χ1v) is 10.0. The van der Waals surface area contributed by atoms with Crippen LogP contribution in [0.2, 0.25) is 0 Å². The lowest BCUT2D eigenvalue weighted by Crippen LogP contribution is -2.48. The zero-order valence-electron chi connectivity index (χ0n) is 14.6. The Labute approximate surface area is 152 Å². The van der Waals surface area contributed by atoms with Crippen LogP contribution in [0, 0.1) is 6.92 Å². The summed E-state index contributed by atoms with van der Waals surface area (Å²) in [5.41, 5.74) is 3.21. The summed E-state index contributed by atoms with van der Waals surface area (Å²) in [6.07, 6.45) is 2.98. The van der Waals surface area contributed by atoms with Gasteiger partial charge in [0.1, 0.15) is 10.7 Å². The molecule has 0 radical (unpaired) electrons. The van der Waals surface area contributed by atoms with E-state index in [2.05, 4.69) is 32.0 Å². The number of pyridine rings is 1. The molecule has 0 aliphatic carbocycles. The maximum atomic E-state index is 12.7. The van der Waals surface area contributed by atoms with Crippen LogP contribution in [0.25, 0.3) is 11.0 Å². The first kappa shape index (κ1) is 17.1. The van der Waals surface area contributed by atoms with Gasteiger partial charge in [0, 0.05) is 45.1 Å². The first-order chi connectivity index (χ1) is 12.5. The molecule has 26 heavy (non-hydrogen) atoms. The van der Waals surface area contributed by atoms with E-state index in [1.807, 2.05) is 13.0 Å². The van der Waals surface area contributed by atoms with Crippen molar-refractivity contribution in [1.29, 1.82) is 0 Å². The van der Waals surface area contributed by atoms with Crippen LogP contribution in [0.5, 0.6) is 0 Å². The van der Waals surface area contributed by atoms with Gasteiger partial charge in [0.2, 0.25) is 10.0 Å². The molecule has 2 aromatic heterocycles. The number of nitrogens with zero attached hydrogens (tertiary/aromatic N) is 4. The molecule has 0 unspecified atom stereocenters. The first-order valence-electron chi connectivity index (χ1n) is 8.60. The van der Waals surface area contributed by atoms with Gasteiger partial charge in [-0.05, 0) is 36.8 Å². The Balaban J connectivity index is 1.41. The topological polar surface area (TPSA) is 82.2 Å². The van der Waals surface area contributed by atoms with Gasteiger partial charge < -0.3 is 4.98 Å². The van der Waals surface area contributed by atoms with Crippen molar-refractivity contribution in [3.05, 3.63) is 54.1 Å². The SMILES string of the molecule is Cc1nc2ccc(CN3CCN(S(=O)(=O)c4cccnc4)CC3)cc2[nH]1. The highest BCUT2D eigenvalue weighted by molar-refractivity contribution is 7.89. The number of imidazole rings is 1. The number of rotatable bonds is 4. The minimum atomic E-state index is -3.45. The number of hydrogen-bond acceptors (Lipinski definition) is 5. The summed E-state index contributed by atoms with van der Waals surface area (Å²) < 4.78 is 26.9. The summed E-state index contributed by atoms with van der Waals surface area (Å²) in [5.74, 6) is 0.909. The summed E-state index contributed by atoms with van der Waals surface area (Å²) in [7, 11) is -3.45. The predicted molar refractivity (Wildman–Crippen MR) is 99.1 cm³/mol. The molecule has 0 atom stereocenters. The van der Waals surface area contributed by atoms with Crippen molar-refractivity contribution >= 4 is 21.1 Å². The molecule has 1 N–H and O–H groups in total. The Kier molecular flexibility index (Phi) is 4.47. The molecule has 0 spiro atoms. The van der Waals surface area contributed by atoms with E-state index in [0.717, 1.165) is 23.4 Å². The summed E-state index contributed by atoms with van der Waals surface area (Å²) in [4.78, 5) is 14.1. The lowest BCUT2D eigenvalue weighted by Gasteiger charge is -2.33. The quantitative estimate of drug-likeness (QED) is 0.756. The number of hydrogen-bond donors (Lipinski definition) is 1. The smallest absolute Gasteiger partial charge is 0.244 e. The van der Waals surface area contributed by atoms with Gasteiger partial charge in [-0.15, -0.1) is 0 Å². The molecule has 4 rings (SSSR count). The fourth-order valence-corrected chi connectivity index (χ4v) is 4.70. The van der Waals surface area contributed by atoms with Gasteiger partial charge in [-0.1, -0.05) is 6.07 Å². The Hall–Kier alpha value is -2.29. The van der Waals surface area contributed by atoms with Crippen LogP contribution in [-0.2, 0) is 16.6 Å². The summed E-state index contributed by atoms with van der Waals surface area (Å²) in [6, 6.07) is 9.47. The molecule has 1 aliphatic rings. The molecule has 3 aromatic rings. The van der Waals surface area contributed by atoms with E-state index >= 15 is 0 Å². The molecule has 0 saturated carbocycles. The monoisotopic (exact) mass is 371 g/mol. The minimum absolute atomic E-state index is 0.258. The second-order valence-electron chi connectivity index (χ2n) is 6.54. The molecule has 1 fully saturated rings. The number of piperazine rings is 1. The van der Waals surface area contributed by atoms with Crippen LogP contribution in [0.1, 0.15) is 11.4 Å². The highest BCUT2D eigenvalue weighted by atomic mass is 32.2. The maximum absolute atomic E-state index is 12.7. The molecule has 3 heterocycles. The van der Waals surface area contributed by atoms with Crippen molar-refractivity contribution in [3.63, 3.8) is 0 Å². The van der Waals surface area contributed by atoms with Gasteiger partial charge in [0.25, 0.3) is 0 Å². The fourth-order valence-electron chi connectivity index (χ4n) is 3.32. The molecule has 0 amide bonds. The number of fused-ring (bicyclic) bond motifs is 1. The third-order valence-corrected chi connectivity index (χ3v) is 6.56. The molecule has 7 nitrogen and oxygen atoms in total. The number of aromatic amines is 1. The van der Waals surface area contributed by atoms with Gasteiger partial charge in [-0.3, -0.25) is 9.88 Å². The molecule has 0 bridgehead atoms. The van der Waals surface area contributed by atoms with Crippen LogP contribution in [-0.4, -0.2) is 58.8 Å². The van der Waals surface area contributed by atoms with E-state index < -0.39 is 10.0 Å². The van der Waals surface area contributed by atoms with Gasteiger partial charge in [-0.25, -0.2) is 13.4 Å². The number of nitrogens with one attached hydrogen (secondary N) is 1. The van der Waals surface area contributed by atoms with Crippen LogP contribution in [0.4, 0.5) is 0 Å². The summed E-state index contributed by atoms with van der Waals surface area (Å²) in [5, 5.41) is 0. The van der Waals surface area contributed by atoms with Crippen molar-refractivity contribution < 1.29 is 8.42 Å². The predicted octanol–water partition coefficient (Wildman–Crippen LogP) is 1.77. The molecular weight excluding hydrogens is 350 g/mol. The number of benzene rings is 1. The van der Waals surface area contributed by atoms with Gasteiger partial charge in [0.15, 0.2) is 0 Å². The Morgan fingerprint density at radius 3 is 2.69 bits per heavy atom. The van der Waals surface area contributed by atoms with E-state index in [-0.39, 0.29) is 4.90 Å². The lowest BCUT2D eigenvalue weighted by molar-refractivity contribution is 0.181. The number of H-pyrrole nitrogens is 1. The van der Waals surface area contributed by atoms with E-state index in [1.54, 1.807) is 22.6 Å². The fraction of sp³-hybridized carbons (Fsp3) is 0.333. The molecular formula is C18H21N5O2S. The second-order valence-corrected chi connectivity index (χ2v) is 8.48. The maximum Gasteiger partial charge on any atom is 0.244 e. The standard InChI is InChI=1S/C18H21N5O2S/c1-14-20-17-5-4-15(11-18(17)21-14)13-22-7-9-23(10-8-22)26(24,25)16-3-2-6-19-12-16/h2-6,11-12H,7-10,13H2,1H3,(H,20,21). The zero-order valence-corrected chi connectivity index (χ0v) is 15.4. The van der Waals surface area contributed by atoms with Gasteiger partial charge in [0.05, 0.1) is 11.0 Å². The minimum Gasteiger partial charge on any atom is -0.342 e. The molecule has 136 valence electrons. The van der Waals surface area contributed by atoms with Crippen molar-refractivity contribution in [1.82, 2.24) is 24.2 Å². The van der Waals surface area contributed by atoms with Crippen LogP contribution >= 0.6 is 0 Å². The average molecular weight is 371 g/mol. The van der Waals surface area contributed by atoms with Gasteiger partial charge >= 0.3 is 0 Å². The summed E-state index contributed by atoms with van der Waals surface area (Å²) >= 11 is 0.